The Kier molecular flexibility index (Phi) is 3.54. The van der Waals surface area contributed by atoms with Gasteiger partial charge in [0.1, 0.15) is 0 Å². The maximum absolute atomic E-state index is 11.3. The highest BCUT2D eigenvalue weighted by Gasteiger charge is 2.04. The lowest BCUT2D eigenvalue weighted by Gasteiger charge is -1.97. The first-order valence-corrected chi connectivity index (χ1v) is 4.16. The fourth-order valence-corrected chi connectivity index (χ4v) is 1.06. The molecule has 0 spiro atoms. The van der Waals surface area contributed by atoms with Gasteiger partial charge in [-0.1, -0.05) is 0 Å². The van der Waals surface area contributed by atoms with E-state index >= 15 is 0 Å². The topological polar surface area (TPSA) is 44.9 Å². The van der Waals surface area contributed by atoms with E-state index in [-0.39, 0.29) is 5.78 Å². The largest absolute Gasteiger partial charge is 0.359 e. The summed E-state index contributed by atoms with van der Waals surface area (Å²) in [6.07, 6.45) is 3.28. The van der Waals surface area contributed by atoms with Crippen LogP contribution in [0.1, 0.15) is 23.3 Å². The first kappa shape index (κ1) is 9.00. The number of carbonyl (C=O) groups excluding carboxylic acids is 1. The van der Waals surface area contributed by atoms with Crippen LogP contribution in [0.2, 0.25) is 0 Å². The first-order chi connectivity index (χ1) is 5.84. The van der Waals surface area contributed by atoms with E-state index in [0.717, 1.165) is 13.0 Å². The van der Waals surface area contributed by atoms with Gasteiger partial charge in [0.25, 0.3) is 0 Å². The number of rotatable bonds is 5. The molecule has 1 heterocycles. The average molecular weight is 166 g/mol. The standard InChI is InChI=1S/C9H14N2O/c1-10-6-3-5-9(12)8-4-2-7-11-8/h2,4,7,10-11H,3,5-6H2,1H3. The summed E-state index contributed by atoms with van der Waals surface area (Å²) in [7, 11) is 1.89. The molecule has 0 aliphatic heterocycles. The number of nitrogens with one attached hydrogen (secondary N) is 2. The van der Waals surface area contributed by atoms with Crippen molar-refractivity contribution in [3.8, 4) is 0 Å². The van der Waals surface area contributed by atoms with Gasteiger partial charge in [0.05, 0.1) is 5.69 Å². The third-order valence-electron chi connectivity index (χ3n) is 1.73. The van der Waals surface area contributed by atoms with Crippen molar-refractivity contribution in [2.24, 2.45) is 0 Å². The van der Waals surface area contributed by atoms with Gasteiger partial charge in [-0.2, -0.15) is 0 Å². The van der Waals surface area contributed by atoms with Crippen molar-refractivity contribution in [3.05, 3.63) is 24.0 Å². The summed E-state index contributed by atoms with van der Waals surface area (Å²) in [5.74, 6) is 0.190. The van der Waals surface area contributed by atoms with Gasteiger partial charge in [-0.05, 0) is 32.1 Å². The number of ketones is 1. The molecule has 0 unspecified atom stereocenters. The Labute approximate surface area is 72.2 Å². The van der Waals surface area contributed by atoms with Gasteiger partial charge in [-0.3, -0.25) is 4.79 Å². The molecule has 0 saturated carbocycles. The smallest absolute Gasteiger partial charge is 0.179 e. The third-order valence-corrected chi connectivity index (χ3v) is 1.73. The summed E-state index contributed by atoms with van der Waals surface area (Å²) < 4.78 is 0. The zero-order chi connectivity index (χ0) is 8.81. The predicted octanol–water partition coefficient (Wildman–Crippen LogP) is 1.20. The number of carbonyl (C=O) groups is 1. The zero-order valence-corrected chi connectivity index (χ0v) is 7.26. The number of aromatic nitrogens is 1. The normalized spacial score (nSPS) is 10.1. The summed E-state index contributed by atoms with van der Waals surface area (Å²) in [6.45, 7) is 0.895. The van der Waals surface area contributed by atoms with Crippen molar-refractivity contribution in [1.29, 1.82) is 0 Å². The van der Waals surface area contributed by atoms with Crippen molar-refractivity contribution in [2.45, 2.75) is 12.8 Å². The van der Waals surface area contributed by atoms with E-state index in [9.17, 15) is 4.79 Å². The first-order valence-electron chi connectivity index (χ1n) is 4.16. The second kappa shape index (κ2) is 4.72. The molecule has 0 saturated heterocycles. The van der Waals surface area contributed by atoms with Gasteiger partial charge in [-0.15, -0.1) is 0 Å². The molecule has 12 heavy (non-hydrogen) atoms. The third kappa shape index (κ3) is 2.51. The summed E-state index contributed by atoms with van der Waals surface area (Å²) >= 11 is 0. The monoisotopic (exact) mass is 166 g/mol. The van der Waals surface area contributed by atoms with E-state index in [2.05, 4.69) is 10.3 Å². The maximum Gasteiger partial charge on any atom is 0.179 e. The minimum atomic E-state index is 0.190. The fourth-order valence-electron chi connectivity index (χ4n) is 1.06. The lowest BCUT2D eigenvalue weighted by molar-refractivity contribution is 0.0976. The average Bonchev–Trinajstić information content (AvgIpc) is 2.56. The molecule has 0 fully saturated rings. The number of aromatic amines is 1. The Morgan fingerprint density at radius 1 is 1.67 bits per heavy atom. The summed E-state index contributed by atoms with van der Waals surface area (Å²) in [4.78, 5) is 14.2. The van der Waals surface area contributed by atoms with Crippen LogP contribution < -0.4 is 5.32 Å². The zero-order valence-electron chi connectivity index (χ0n) is 7.26. The van der Waals surface area contributed by atoms with Gasteiger partial charge < -0.3 is 10.3 Å². The molecule has 0 radical (unpaired) electrons. The summed E-state index contributed by atoms with van der Waals surface area (Å²) in [6, 6.07) is 3.65. The highest BCUT2D eigenvalue weighted by Crippen LogP contribution is 2.01. The Balaban J connectivity index is 2.30. The molecule has 2 N–H and O–H groups in total. The van der Waals surface area contributed by atoms with Crippen LogP contribution in [0.4, 0.5) is 0 Å². The quantitative estimate of drug-likeness (QED) is 0.510. The van der Waals surface area contributed by atoms with E-state index in [0.29, 0.717) is 12.1 Å². The van der Waals surface area contributed by atoms with E-state index in [4.69, 9.17) is 0 Å². The van der Waals surface area contributed by atoms with Crippen molar-refractivity contribution < 1.29 is 4.79 Å². The molecular weight excluding hydrogens is 152 g/mol. The van der Waals surface area contributed by atoms with Gasteiger partial charge >= 0.3 is 0 Å². The Bertz CT molecular complexity index is 229. The van der Waals surface area contributed by atoms with Crippen LogP contribution in [0, 0.1) is 0 Å². The van der Waals surface area contributed by atoms with Crippen molar-refractivity contribution in [3.63, 3.8) is 0 Å². The van der Waals surface area contributed by atoms with Crippen molar-refractivity contribution in [2.75, 3.05) is 13.6 Å². The molecule has 0 bridgehead atoms. The fraction of sp³-hybridized carbons (Fsp3) is 0.444. The summed E-state index contributed by atoms with van der Waals surface area (Å²) in [5, 5.41) is 3.01. The molecule has 66 valence electrons. The molecule has 0 aliphatic rings. The van der Waals surface area contributed by atoms with Gasteiger partial charge in [0.2, 0.25) is 0 Å². The number of hydrogen-bond donors (Lipinski definition) is 2. The molecule has 0 atom stereocenters. The van der Waals surface area contributed by atoms with Gasteiger partial charge in [0.15, 0.2) is 5.78 Å². The minimum Gasteiger partial charge on any atom is -0.359 e. The SMILES string of the molecule is CNCCCC(=O)c1ccc[nH]1. The molecule has 3 heteroatoms. The Morgan fingerprint density at radius 3 is 3.08 bits per heavy atom. The van der Waals surface area contributed by atoms with E-state index in [1.54, 1.807) is 6.20 Å². The van der Waals surface area contributed by atoms with E-state index < -0.39 is 0 Å². The lowest BCUT2D eigenvalue weighted by Crippen LogP contribution is -2.10. The van der Waals surface area contributed by atoms with Crippen molar-refractivity contribution in [1.82, 2.24) is 10.3 Å². The molecule has 1 aromatic rings. The number of hydrogen-bond acceptors (Lipinski definition) is 2. The van der Waals surface area contributed by atoms with Crippen LogP contribution in [0.25, 0.3) is 0 Å². The second-order valence-electron chi connectivity index (χ2n) is 2.71. The highest BCUT2D eigenvalue weighted by atomic mass is 16.1. The van der Waals surface area contributed by atoms with E-state index in [1.807, 2.05) is 19.2 Å². The maximum atomic E-state index is 11.3. The van der Waals surface area contributed by atoms with Gasteiger partial charge in [0, 0.05) is 12.6 Å². The number of Topliss-reactive ketones (excluding diaryl/α,β-unsaturated/α-hetero) is 1. The summed E-state index contributed by atoms with van der Waals surface area (Å²) in [5.41, 5.74) is 0.714. The van der Waals surface area contributed by atoms with E-state index in [1.165, 1.54) is 0 Å². The Morgan fingerprint density at radius 2 is 2.50 bits per heavy atom. The van der Waals surface area contributed by atoms with Crippen molar-refractivity contribution >= 4 is 5.78 Å². The van der Waals surface area contributed by atoms with Crippen LogP contribution >= 0.6 is 0 Å². The van der Waals surface area contributed by atoms with Gasteiger partial charge in [-0.25, -0.2) is 0 Å². The minimum absolute atomic E-state index is 0.190. The number of H-pyrrole nitrogens is 1. The highest BCUT2D eigenvalue weighted by molar-refractivity contribution is 5.94. The van der Waals surface area contributed by atoms with Crippen LogP contribution in [-0.2, 0) is 0 Å². The van der Waals surface area contributed by atoms with Crippen LogP contribution in [0.5, 0.6) is 0 Å². The van der Waals surface area contributed by atoms with Crippen LogP contribution in [-0.4, -0.2) is 24.4 Å². The molecule has 0 aromatic carbocycles. The second-order valence-corrected chi connectivity index (χ2v) is 2.71. The predicted molar refractivity (Wildman–Crippen MR) is 48.3 cm³/mol. The molecular formula is C9H14N2O. The van der Waals surface area contributed by atoms with Crippen LogP contribution in [0.15, 0.2) is 18.3 Å². The Hall–Kier alpha value is -1.09. The molecule has 0 aliphatic carbocycles. The van der Waals surface area contributed by atoms with Crippen LogP contribution in [0.3, 0.4) is 0 Å². The molecule has 1 aromatic heterocycles. The molecule has 1 rings (SSSR count). The lowest BCUT2D eigenvalue weighted by atomic mass is 10.2. The molecule has 0 amide bonds. The molecule has 3 nitrogen and oxygen atoms in total.